The molecule has 0 bridgehead atoms. The topological polar surface area (TPSA) is 62.7 Å². The summed E-state index contributed by atoms with van der Waals surface area (Å²) >= 11 is 0. The van der Waals surface area contributed by atoms with Gasteiger partial charge < -0.3 is 9.47 Å². The van der Waals surface area contributed by atoms with Gasteiger partial charge in [0.2, 0.25) is 0 Å². The summed E-state index contributed by atoms with van der Waals surface area (Å²) < 4.78 is 334. The Labute approximate surface area is 338 Å². The van der Waals surface area contributed by atoms with Gasteiger partial charge in [-0.1, -0.05) is 39.0 Å². The summed E-state index contributed by atoms with van der Waals surface area (Å²) in [7, 11) is 0. The average molecular weight is 975 g/mol. The van der Waals surface area contributed by atoms with E-state index in [0.29, 0.717) is 5.56 Å². The molecule has 0 spiro atoms. The van der Waals surface area contributed by atoms with Gasteiger partial charge >= 0.3 is 66.1 Å². The second kappa shape index (κ2) is 19.4. The number of aryl methyl sites for hydroxylation is 1. The molecule has 1 atom stereocenters. The van der Waals surface area contributed by atoms with Gasteiger partial charge in [0.25, 0.3) is 0 Å². The van der Waals surface area contributed by atoms with Crippen LogP contribution in [0.15, 0.2) is 36.7 Å². The van der Waals surface area contributed by atoms with E-state index in [2.05, 4.69) is 21.6 Å². The molecule has 1 heterocycles. The Balaban J connectivity index is 2.06. The van der Waals surface area contributed by atoms with Crippen molar-refractivity contribution in [3.05, 3.63) is 42.2 Å². The molecule has 364 valence electrons. The maximum Gasteiger partial charge on any atom is 0.460 e. The van der Waals surface area contributed by atoms with Crippen LogP contribution in [0.5, 0.6) is 5.75 Å². The number of nitrogens with zero attached hydrogens (tertiary/aromatic N) is 2. The lowest BCUT2D eigenvalue weighted by molar-refractivity contribution is -0.558. The van der Waals surface area contributed by atoms with Crippen LogP contribution >= 0.6 is 0 Å². The molecule has 0 radical (unpaired) electrons. The van der Waals surface area contributed by atoms with E-state index >= 15 is 0 Å². The van der Waals surface area contributed by atoms with Crippen LogP contribution in [0, 0.1) is 0 Å². The summed E-state index contributed by atoms with van der Waals surface area (Å²) in [5.41, 5.74) is 1.27. The largest absolute Gasteiger partial charge is 0.490 e. The summed E-state index contributed by atoms with van der Waals surface area (Å²) in [6.07, 6.45) is -33.6. The zero-order valence-corrected chi connectivity index (χ0v) is 31.2. The molecule has 0 aliphatic carbocycles. The zero-order chi connectivity index (χ0) is 48.9. The number of hydrogen-bond donors (Lipinski definition) is 0. The lowest BCUT2D eigenvalue weighted by Gasteiger charge is -2.40. The van der Waals surface area contributed by atoms with Gasteiger partial charge in [-0.25, -0.2) is 23.8 Å². The molecule has 0 N–H and O–H groups in total. The Morgan fingerprint density at radius 2 is 0.952 bits per heavy atom. The van der Waals surface area contributed by atoms with Gasteiger partial charge in [-0.2, -0.15) is 101 Å². The number of halogens is 24. The van der Waals surface area contributed by atoms with Gasteiger partial charge in [0.1, 0.15) is 19.0 Å². The zero-order valence-electron chi connectivity index (χ0n) is 31.2. The molecule has 30 heteroatoms. The Morgan fingerprint density at radius 3 is 1.41 bits per heavy atom. The SMILES string of the molecule is CCCCCCCCc1cnc(-c2ccc(OCC(F)COCC(F)(F)C(F)(F)C(F)(F)C(F)(F)C(F)(F)OC(F)(F)C(F)(F)OC(F)(F)C(F)(F)C(F)(F)C(F)(F)F)cc2)nc1. The predicted molar refractivity (Wildman–Crippen MR) is 163 cm³/mol. The third-order valence-corrected chi connectivity index (χ3v) is 8.23. The number of aromatic nitrogens is 2. The highest BCUT2D eigenvalue weighted by atomic mass is 19.4. The average Bonchev–Trinajstić information content (AvgIpc) is 3.14. The van der Waals surface area contributed by atoms with Crippen LogP contribution in [0.3, 0.4) is 0 Å². The molecule has 0 saturated carbocycles. The van der Waals surface area contributed by atoms with E-state index in [1.165, 1.54) is 24.3 Å². The maximum absolute atomic E-state index is 14.2. The van der Waals surface area contributed by atoms with Crippen molar-refractivity contribution in [2.75, 3.05) is 19.8 Å². The van der Waals surface area contributed by atoms with Crippen molar-refractivity contribution >= 4 is 0 Å². The molecule has 0 amide bonds. The normalized spacial score (nSPS) is 15.2. The summed E-state index contributed by atoms with van der Waals surface area (Å²) in [4.78, 5) is 8.44. The van der Waals surface area contributed by atoms with Crippen LogP contribution < -0.4 is 4.74 Å². The van der Waals surface area contributed by atoms with E-state index in [4.69, 9.17) is 4.74 Å². The van der Waals surface area contributed by atoms with Gasteiger partial charge in [0.15, 0.2) is 12.0 Å². The fraction of sp³-hybridized carbons (Fsp3) is 0.697. The minimum atomic E-state index is -8.66. The molecule has 0 fully saturated rings. The van der Waals surface area contributed by atoms with Crippen LogP contribution in [0.25, 0.3) is 11.4 Å². The van der Waals surface area contributed by atoms with E-state index in [-0.39, 0.29) is 11.6 Å². The summed E-state index contributed by atoms with van der Waals surface area (Å²) in [6, 6.07) is 5.12. The van der Waals surface area contributed by atoms with Crippen LogP contribution in [-0.2, 0) is 20.6 Å². The molecule has 2 aromatic rings. The quantitative estimate of drug-likeness (QED) is 0.0691. The van der Waals surface area contributed by atoms with Crippen molar-refractivity contribution in [1.29, 1.82) is 0 Å². The molecule has 63 heavy (non-hydrogen) atoms. The first-order valence-electron chi connectivity index (χ1n) is 17.3. The van der Waals surface area contributed by atoms with E-state index in [1.54, 1.807) is 12.4 Å². The van der Waals surface area contributed by atoms with E-state index in [9.17, 15) is 105 Å². The number of alkyl halides is 24. The first-order chi connectivity index (χ1) is 28.3. The maximum atomic E-state index is 14.2. The first-order valence-corrected chi connectivity index (χ1v) is 17.3. The molecule has 1 aromatic heterocycles. The molecule has 2 rings (SSSR count). The molecule has 0 saturated heterocycles. The Morgan fingerprint density at radius 1 is 0.508 bits per heavy atom. The molecule has 0 aliphatic heterocycles. The van der Waals surface area contributed by atoms with Gasteiger partial charge in [-0.05, 0) is 42.7 Å². The highest BCUT2D eigenvalue weighted by Gasteiger charge is 2.89. The van der Waals surface area contributed by atoms with Crippen molar-refractivity contribution in [3.8, 4) is 17.1 Å². The number of hydrogen-bond acceptors (Lipinski definition) is 6. The number of ether oxygens (including phenoxy) is 4. The molecule has 6 nitrogen and oxygen atoms in total. The highest BCUT2D eigenvalue weighted by Crippen LogP contribution is 2.60. The van der Waals surface area contributed by atoms with Crippen LogP contribution in [0.4, 0.5) is 105 Å². The van der Waals surface area contributed by atoms with Crippen molar-refractivity contribution in [2.24, 2.45) is 0 Å². The monoisotopic (exact) mass is 974 g/mol. The second-order valence-corrected chi connectivity index (χ2v) is 13.2. The van der Waals surface area contributed by atoms with Crippen molar-refractivity contribution < 1.29 is 124 Å². The fourth-order valence-electron chi connectivity index (χ4n) is 4.62. The predicted octanol–water partition coefficient (Wildman–Crippen LogP) is 12.6. The van der Waals surface area contributed by atoms with Crippen LogP contribution in [-0.4, -0.2) is 102 Å². The minimum Gasteiger partial charge on any atom is -0.490 e. The first kappa shape index (κ1) is 55.4. The summed E-state index contributed by atoms with van der Waals surface area (Å²) in [5.74, 6) is -48.6. The molecular formula is C33H30F24N2O4. The van der Waals surface area contributed by atoms with Gasteiger partial charge in [0.05, 0.1) is 6.61 Å². The Bertz CT molecular complexity index is 1740. The van der Waals surface area contributed by atoms with Gasteiger partial charge in [-0.3, -0.25) is 0 Å². The third kappa shape index (κ3) is 12.0. The standard InChI is InChI=1S/C33H30F24N2O4/c1-2-3-4-5-6-7-8-18-13-58-22(59-14-18)19-9-11-21(12-10-19)61-16-20(34)15-60-17-23(35,36)24(37,38)25(39,40)27(43,44)30(50,51)62-32(54,55)33(56,57)63-31(52,53)28(45,46)26(41,42)29(47,48)49/h9-14,20H,2-8,15-17H2,1H3. The summed E-state index contributed by atoms with van der Waals surface area (Å²) in [5, 5.41) is 0. The number of rotatable bonds is 26. The minimum absolute atomic E-state index is 0.160. The summed E-state index contributed by atoms with van der Waals surface area (Å²) in [6.45, 7) is -4.26. The molecule has 1 unspecified atom stereocenters. The van der Waals surface area contributed by atoms with Crippen LogP contribution in [0.2, 0.25) is 0 Å². The van der Waals surface area contributed by atoms with Crippen molar-refractivity contribution in [1.82, 2.24) is 9.97 Å². The van der Waals surface area contributed by atoms with Crippen molar-refractivity contribution in [3.63, 3.8) is 0 Å². The molecular weight excluding hydrogens is 944 g/mol. The van der Waals surface area contributed by atoms with Crippen LogP contribution in [0.1, 0.15) is 51.0 Å². The fourth-order valence-corrected chi connectivity index (χ4v) is 4.62. The number of unbranched alkanes of at least 4 members (excludes halogenated alkanes) is 5. The number of benzene rings is 1. The highest BCUT2D eigenvalue weighted by molar-refractivity contribution is 5.55. The molecule has 0 aliphatic rings. The van der Waals surface area contributed by atoms with Crippen molar-refractivity contribution in [2.45, 2.75) is 124 Å². The van der Waals surface area contributed by atoms with E-state index < -0.39 is 92.1 Å². The van der Waals surface area contributed by atoms with Gasteiger partial charge in [-0.15, -0.1) is 0 Å². The Kier molecular flexibility index (Phi) is 17.1. The van der Waals surface area contributed by atoms with Gasteiger partial charge in [0, 0.05) is 18.0 Å². The Hall–Kier alpha value is -3.70. The smallest absolute Gasteiger partial charge is 0.460 e. The lowest BCUT2D eigenvalue weighted by Crippen LogP contribution is -2.70. The van der Waals surface area contributed by atoms with E-state index in [1.807, 2.05) is 0 Å². The lowest BCUT2D eigenvalue weighted by atomic mass is 9.98. The second-order valence-electron chi connectivity index (χ2n) is 13.2. The van der Waals surface area contributed by atoms with E-state index in [0.717, 1.165) is 60.0 Å². The third-order valence-electron chi connectivity index (χ3n) is 8.23. The molecule has 1 aromatic carbocycles.